The maximum atomic E-state index is 3.44. The predicted octanol–water partition coefficient (Wildman–Crippen LogP) is 1.79. The average Bonchev–Trinajstić information content (AvgIpc) is 2.39. The van der Waals surface area contributed by atoms with Crippen LogP contribution in [0.5, 0.6) is 0 Å². The van der Waals surface area contributed by atoms with Crippen LogP contribution in [0.2, 0.25) is 0 Å². The third-order valence-corrected chi connectivity index (χ3v) is 4.53. The third-order valence-electron chi connectivity index (χ3n) is 4.53. The Morgan fingerprint density at radius 1 is 0.941 bits per heavy atom. The Labute approximate surface area is 108 Å². The average molecular weight is 241 g/mol. The van der Waals surface area contributed by atoms with E-state index in [0.717, 1.165) is 6.04 Å². The van der Waals surface area contributed by atoms with Gasteiger partial charge < -0.3 is 5.32 Å². The maximum absolute atomic E-state index is 3.44. The summed E-state index contributed by atoms with van der Waals surface area (Å²) in [5, 5.41) is 3.44. The Kier molecular flexibility index (Phi) is 6.45. The molecule has 17 heavy (non-hydrogen) atoms. The molecule has 1 N–H and O–H groups in total. The molecule has 0 aromatic rings. The first-order valence-corrected chi connectivity index (χ1v) is 7.29. The van der Waals surface area contributed by atoms with Gasteiger partial charge in [0.05, 0.1) is 0 Å². The molecule has 3 atom stereocenters. The molecule has 3 unspecified atom stereocenters. The molecule has 3 heteroatoms. The second kappa shape index (κ2) is 7.34. The molecule has 0 bridgehead atoms. The highest BCUT2D eigenvalue weighted by molar-refractivity contribution is 4.84. The molecule has 1 heterocycles. The van der Waals surface area contributed by atoms with Crippen molar-refractivity contribution in [2.75, 3.05) is 33.2 Å². The van der Waals surface area contributed by atoms with Crippen molar-refractivity contribution >= 4 is 0 Å². The van der Waals surface area contributed by atoms with Crippen molar-refractivity contribution < 1.29 is 0 Å². The van der Waals surface area contributed by atoms with Crippen LogP contribution in [0.3, 0.4) is 0 Å². The molecule has 3 nitrogen and oxygen atoms in total. The first-order valence-electron chi connectivity index (χ1n) is 7.29. The molecule has 0 aliphatic carbocycles. The van der Waals surface area contributed by atoms with E-state index in [9.17, 15) is 0 Å². The van der Waals surface area contributed by atoms with Gasteiger partial charge in [-0.15, -0.1) is 0 Å². The Morgan fingerprint density at radius 2 is 1.47 bits per heavy atom. The minimum Gasteiger partial charge on any atom is -0.315 e. The predicted molar refractivity (Wildman–Crippen MR) is 75.5 cm³/mol. The summed E-state index contributed by atoms with van der Waals surface area (Å²) < 4.78 is 0. The lowest BCUT2D eigenvalue weighted by Crippen LogP contribution is -2.56. The lowest BCUT2D eigenvalue weighted by molar-refractivity contribution is 0.0653. The van der Waals surface area contributed by atoms with Gasteiger partial charge >= 0.3 is 0 Å². The zero-order chi connectivity index (χ0) is 12.8. The van der Waals surface area contributed by atoms with Gasteiger partial charge in [0.25, 0.3) is 0 Å². The molecule has 0 radical (unpaired) electrons. The van der Waals surface area contributed by atoms with Crippen LogP contribution in [0.15, 0.2) is 0 Å². The summed E-state index contributed by atoms with van der Waals surface area (Å²) in [5.74, 6) is 0. The van der Waals surface area contributed by atoms with Crippen molar-refractivity contribution in [3.63, 3.8) is 0 Å². The summed E-state index contributed by atoms with van der Waals surface area (Å²) in [6, 6.07) is 2.04. The molecule has 1 aliphatic rings. The molecule has 0 aromatic carbocycles. The second-order valence-corrected chi connectivity index (χ2v) is 5.37. The molecule has 1 aliphatic heterocycles. The second-order valence-electron chi connectivity index (χ2n) is 5.37. The van der Waals surface area contributed by atoms with E-state index in [4.69, 9.17) is 0 Å². The first-order chi connectivity index (χ1) is 8.13. The molecular weight excluding hydrogens is 210 g/mol. The van der Waals surface area contributed by atoms with Gasteiger partial charge in [-0.05, 0) is 33.7 Å². The Morgan fingerprint density at radius 3 is 1.88 bits per heavy atom. The van der Waals surface area contributed by atoms with E-state index in [1.807, 2.05) is 0 Å². The van der Waals surface area contributed by atoms with Crippen LogP contribution in [-0.2, 0) is 0 Å². The van der Waals surface area contributed by atoms with Crippen molar-refractivity contribution in [2.45, 2.75) is 58.7 Å². The van der Waals surface area contributed by atoms with Gasteiger partial charge in [-0.3, -0.25) is 9.80 Å². The molecular formula is C14H31N3. The maximum Gasteiger partial charge on any atom is 0.0221 e. The van der Waals surface area contributed by atoms with Gasteiger partial charge in [0.1, 0.15) is 0 Å². The number of piperazine rings is 1. The van der Waals surface area contributed by atoms with E-state index in [-0.39, 0.29) is 0 Å². The highest BCUT2D eigenvalue weighted by atomic mass is 15.3. The fourth-order valence-corrected chi connectivity index (χ4v) is 2.88. The van der Waals surface area contributed by atoms with Crippen molar-refractivity contribution in [1.82, 2.24) is 15.1 Å². The normalized spacial score (nSPS) is 24.5. The lowest BCUT2D eigenvalue weighted by Gasteiger charge is -2.42. The van der Waals surface area contributed by atoms with E-state index in [1.165, 1.54) is 39.0 Å². The van der Waals surface area contributed by atoms with Crippen LogP contribution in [0.4, 0.5) is 0 Å². The van der Waals surface area contributed by atoms with E-state index < -0.39 is 0 Å². The highest BCUT2D eigenvalue weighted by Gasteiger charge is 2.26. The molecule has 0 saturated carbocycles. The van der Waals surface area contributed by atoms with E-state index in [0.29, 0.717) is 12.1 Å². The van der Waals surface area contributed by atoms with E-state index in [2.05, 4.69) is 49.9 Å². The smallest absolute Gasteiger partial charge is 0.0221 e. The summed E-state index contributed by atoms with van der Waals surface area (Å²) in [6.07, 6.45) is 2.48. The molecule has 1 fully saturated rings. The third kappa shape index (κ3) is 3.94. The van der Waals surface area contributed by atoms with Gasteiger partial charge in [0.15, 0.2) is 0 Å². The molecule has 1 rings (SSSR count). The highest BCUT2D eigenvalue weighted by Crippen LogP contribution is 2.13. The van der Waals surface area contributed by atoms with Crippen LogP contribution in [0.1, 0.15) is 40.5 Å². The van der Waals surface area contributed by atoms with Crippen molar-refractivity contribution in [2.24, 2.45) is 0 Å². The van der Waals surface area contributed by atoms with Gasteiger partial charge in [0.2, 0.25) is 0 Å². The fraction of sp³-hybridized carbons (Fsp3) is 1.00. The topological polar surface area (TPSA) is 18.5 Å². The van der Waals surface area contributed by atoms with Crippen LogP contribution >= 0.6 is 0 Å². The van der Waals surface area contributed by atoms with Gasteiger partial charge in [0, 0.05) is 44.3 Å². The quantitative estimate of drug-likeness (QED) is 0.765. The van der Waals surface area contributed by atoms with Crippen LogP contribution in [0.25, 0.3) is 0 Å². The summed E-state index contributed by atoms with van der Waals surface area (Å²) in [6.45, 7) is 14.2. The lowest BCUT2D eigenvalue weighted by atomic mass is 10.0. The zero-order valence-electron chi connectivity index (χ0n) is 12.4. The molecule has 1 saturated heterocycles. The zero-order valence-corrected chi connectivity index (χ0v) is 12.4. The Balaban J connectivity index is 2.40. The Hall–Kier alpha value is -0.120. The largest absolute Gasteiger partial charge is 0.315 e. The Bertz CT molecular complexity index is 196. The fourth-order valence-electron chi connectivity index (χ4n) is 2.88. The summed E-state index contributed by atoms with van der Waals surface area (Å²) in [4.78, 5) is 5.27. The summed E-state index contributed by atoms with van der Waals surface area (Å²) in [5.41, 5.74) is 0. The van der Waals surface area contributed by atoms with Crippen molar-refractivity contribution in [1.29, 1.82) is 0 Å². The number of likely N-dealkylation sites (N-methyl/N-ethyl adjacent to an activating group) is 1. The molecule has 102 valence electrons. The SMILES string of the molecule is CCC(NC)C(C)N1CCN(C(C)CC)CC1. The summed E-state index contributed by atoms with van der Waals surface area (Å²) in [7, 11) is 2.08. The van der Waals surface area contributed by atoms with Crippen molar-refractivity contribution in [3.8, 4) is 0 Å². The summed E-state index contributed by atoms with van der Waals surface area (Å²) >= 11 is 0. The van der Waals surface area contributed by atoms with Crippen molar-refractivity contribution in [3.05, 3.63) is 0 Å². The van der Waals surface area contributed by atoms with Crippen LogP contribution < -0.4 is 5.32 Å². The standard InChI is InChI=1S/C14H31N3/c1-6-12(3)16-8-10-17(11-9-16)13(4)14(7-2)15-5/h12-15H,6-11H2,1-5H3. The van der Waals surface area contributed by atoms with E-state index >= 15 is 0 Å². The number of hydrogen-bond acceptors (Lipinski definition) is 3. The number of nitrogens with one attached hydrogen (secondary N) is 1. The molecule has 0 amide bonds. The number of rotatable bonds is 6. The number of nitrogens with zero attached hydrogens (tertiary/aromatic N) is 2. The van der Waals surface area contributed by atoms with E-state index in [1.54, 1.807) is 0 Å². The minimum absolute atomic E-state index is 0.630. The molecule has 0 spiro atoms. The van der Waals surface area contributed by atoms with Crippen LogP contribution in [0, 0.1) is 0 Å². The van der Waals surface area contributed by atoms with Gasteiger partial charge in [-0.2, -0.15) is 0 Å². The van der Waals surface area contributed by atoms with Gasteiger partial charge in [-0.25, -0.2) is 0 Å². The first kappa shape index (κ1) is 14.9. The monoisotopic (exact) mass is 241 g/mol. The van der Waals surface area contributed by atoms with Crippen LogP contribution in [-0.4, -0.2) is 61.2 Å². The number of hydrogen-bond donors (Lipinski definition) is 1. The minimum atomic E-state index is 0.630. The molecule has 0 aromatic heterocycles. The van der Waals surface area contributed by atoms with Gasteiger partial charge in [-0.1, -0.05) is 13.8 Å².